The number of rotatable bonds is 3. The first kappa shape index (κ1) is 15.3. The lowest BCUT2D eigenvalue weighted by atomic mass is 9.80. The second-order valence-electron chi connectivity index (χ2n) is 6.73. The van der Waals surface area contributed by atoms with Crippen molar-refractivity contribution < 1.29 is 14.7 Å². The SMILES string of the molecule is CC1CCCN(C(=O)CN2CCC(C)(C(=O)O)CC2)C1. The normalized spacial score (nSPS) is 27.3. The van der Waals surface area contributed by atoms with E-state index in [0.717, 1.165) is 19.5 Å². The first-order valence-electron chi connectivity index (χ1n) is 7.64. The number of amides is 1. The molecule has 1 amide bonds. The van der Waals surface area contributed by atoms with E-state index in [2.05, 4.69) is 11.8 Å². The van der Waals surface area contributed by atoms with Crippen LogP contribution < -0.4 is 0 Å². The lowest BCUT2D eigenvalue weighted by molar-refractivity contribution is -0.151. The second kappa shape index (κ2) is 6.12. The van der Waals surface area contributed by atoms with Crippen molar-refractivity contribution in [2.75, 3.05) is 32.7 Å². The maximum Gasteiger partial charge on any atom is 0.309 e. The van der Waals surface area contributed by atoms with Crippen LogP contribution in [0.15, 0.2) is 0 Å². The minimum atomic E-state index is -0.715. The molecule has 0 spiro atoms. The van der Waals surface area contributed by atoms with Crippen LogP contribution in [-0.4, -0.2) is 59.5 Å². The van der Waals surface area contributed by atoms with Crippen molar-refractivity contribution in [3.05, 3.63) is 0 Å². The van der Waals surface area contributed by atoms with Crippen LogP contribution in [0, 0.1) is 11.3 Å². The Bertz CT molecular complexity index is 375. The Morgan fingerprint density at radius 1 is 1.25 bits per heavy atom. The number of carbonyl (C=O) groups excluding carboxylic acids is 1. The smallest absolute Gasteiger partial charge is 0.309 e. The van der Waals surface area contributed by atoms with Crippen LogP contribution in [-0.2, 0) is 9.59 Å². The van der Waals surface area contributed by atoms with Gasteiger partial charge in [0.05, 0.1) is 12.0 Å². The fourth-order valence-electron chi connectivity index (χ4n) is 3.13. The van der Waals surface area contributed by atoms with Gasteiger partial charge in [0.2, 0.25) is 5.91 Å². The first-order valence-corrected chi connectivity index (χ1v) is 7.64. The molecule has 1 N–H and O–H groups in total. The van der Waals surface area contributed by atoms with E-state index in [9.17, 15) is 14.7 Å². The standard InChI is InChI=1S/C15H26N2O3/c1-12-4-3-7-17(10-12)13(18)11-16-8-5-15(2,6-9-16)14(19)20/h12H,3-11H2,1-2H3,(H,19,20). The molecule has 2 aliphatic heterocycles. The summed E-state index contributed by atoms with van der Waals surface area (Å²) in [5, 5.41) is 9.20. The van der Waals surface area contributed by atoms with E-state index in [-0.39, 0.29) is 5.91 Å². The maximum absolute atomic E-state index is 12.3. The van der Waals surface area contributed by atoms with E-state index in [1.165, 1.54) is 6.42 Å². The summed E-state index contributed by atoms with van der Waals surface area (Å²) in [6.07, 6.45) is 3.58. The summed E-state index contributed by atoms with van der Waals surface area (Å²) >= 11 is 0. The molecule has 0 saturated carbocycles. The molecule has 20 heavy (non-hydrogen) atoms. The molecular formula is C15H26N2O3. The van der Waals surface area contributed by atoms with Crippen molar-refractivity contribution in [2.24, 2.45) is 11.3 Å². The van der Waals surface area contributed by atoms with E-state index in [1.54, 1.807) is 6.92 Å². The van der Waals surface area contributed by atoms with Crippen molar-refractivity contribution in [1.82, 2.24) is 9.80 Å². The Kier molecular flexibility index (Phi) is 4.68. The van der Waals surface area contributed by atoms with Crippen LogP contribution in [0.25, 0.3) is 0 Å². The highest BCUT2D eigenvalue weighted by molar-refractivity contribution is 5.78. The molecule has 2 fully saturated rings. The predicted octanol–water partition coefficient (Wildman–Crippen LogP) is 1.43. The number of carboxylic acid groups (broad SMARTS) is 1. The molecule has 5 nitrogen and oxygen atoms in total. The fraction of sp³-hybridized carbons (Fsp3) is 0.867. The molecular weight excluding hydrogens is 256 g/mol. The molecule has 1 unspecified atom stereocenters. The van der Waals surface area contributed by atoms with E-state index in [0.29, 0.717) is 38.4 Å². The summed E-state index contributed by atoms with van der Waals surface area (Å²) in [7, 11) is 0. The van der Waals surface area contributed by atoms with Crippen molar-refractivity contribution in [1.29, 1.82) is 0 Å². The lowest BCUT2D eigenvalue weighted by Gasteiger charge is -2.38. The van der Waals surface area contributed by atoms with Gasteiger partial charge in [-0.15, -0.1) is 0 Å². The summed E-state index contributed by atoms with van der Waals surface area (Å²) in [5.41, 5.74) is -0.612. The third kappa shape index (κ3) is 3.51. The zero-order valence-corrected chi connectivity index (χ0v) is 12.6. The van der Waals surface area contributed by atoms with Crippen LogP contribution >= 0.6 is 0 Å². The summed E-state index contributed by atoms with van der Waals surface area (Å²) in [6, 6.07) is 0. The highest BCUT2D eigenvalue weighted by Gasteiger charge is 2.37. The van der Waals surface area contributed by atoms with E-state index < -0.39 is 11.4 Å². The van der Waals surface area contributed by atoms with Gasteiger partial charge in [-0.3, -0.25) is 14.5 Å². The number of aliphatic carboxylic acids is 1. The third-order valence-corrected chi connectivity index (χ3v) is 4.84. The molecule has 0 aromatic heterocycles. The molecule has 2 rings (SSSR count). The van der Waals surface area contributed by atoms with Crippen LogP contribution in [0.3, 0.4) is 0 Å². The Hall–Kier alpha value is -1.10. The molecule has 5 heteroatoms. The molecule has 114 valence electrons. The number of piperidine rings is 2. The first-order chi connectivity index (χ1) is 9.40. The summed E-state index contributed by atoms with van der Waals surface area (Å²) in [5.74, 6) is 0.0909. The van der Waals surface area contributed by atoms with Crippen molar-refractivity contribution in [3.8, 4) is 0 Å². The van der Waals surface area contributed by atoms with Crippen molar-refractivity contribution in [2.45, 2.75) is 39.5 Å². The monoisotopic (exact) mass is 282 g/mol. The Labute approximate surface area is 120 Å². The number of hydrogen-bond acceptors (Lipinski definition) is 3. The zero-order chi connectivity index (χ0) is 14.8. The minimum Gasteiger partial charge on any atom is -0.481 e. The maximum atomic E-state index is 12.3. The fourth-order valence-corrected chi connectivity index (χ4v) is 3.13. The second-order valence-corrected chi connectivity index (χ2v) is 6.73. The van der Waals surface area contributed by atoms with Gasteiger partial charge < -0.3 is 10.0 Å². The van der Waals surface area contributed by atoms with Crippen LogP contribution in [0.1, 0.15) is 39.5 Å². The number of carboxylic acids is 1. The number of carbonyl (C=O) groups is 2. The van der Waals surface area contributed by atoms with Gasteiger partial charge in [-0.25, -0.2) is 0 Å². The van der Waals surface area contributed by atoms with Gasteiger partial charge in [-0.2, -0.15) is 0 Å². The molecule has 2 aliphatic rings. The van der Waals surface area contributed by atoms with Crippen LogP contribution in [0.2, 0.25) is 0 Å². The summed E-state index contributed by atoms with van der Waals surface area (Å²) in [6.45, 7) is 7.61. The van der Waals surface area contributed by atoms with Gasteiger partial charge in [0.25, 0.3) is 0 Å². The zero-order valence-electron chi connectivity index (χ0n) is 12.6. The topological polar surface area (TPSA) is 60.9 Å². The summed E-state index contributed by atoms with van der Waals surface area (Å²) in [4.78, 5) is 27.5. The lowest BCUT2D eigenvalue weighted by Crippen LogP contribution is -2.48. The average Bonchev–Trinajstić information content (AvgIpc) is 2.41. The molecule has 0 radical (unpaired) electrons. The average molecular weight is 282 g/mol. The molecule has 0 aromatic carbocycles. The van der Waals surface area contributed by atoms with Crippen molar-refractivity contribution >= 4 is 11.9 Å². The molecule has 1 atom stereocenters. The summed E-state index contributed by atoms with van der Waals surface area (Å²) < 4.78 is 0. The van der Waals surface area contributed by atoms with E-state index in [4.69, 9.17) is 0 Å². The highest BCUT2D eigenvalue weighted by Crippen LogP contribution is 2.31. The number of nitrogens with zero attached hydrogens (tertiary/aromatic N) is 2. The molecule has 2 heterocycles. The van der Waals surface area contributed by atoms with Gasteiger partial charge in [0.1, 0.15) is 0 Å². The Balaban J connectivity index is 1.80. The van der Waals surface area contributed by atoms with E-state index in [1.807, 2.05) is 4.90 Å². The number of likely N-dealkylation sites (tertiary alicyclic amines) is 2. The molecule has 0 bridgehead atoms. The van der Waals surface area contributed by atoms with E-state index >= 15 is 0 Å². The molecule has 0 aromatic rings. The third-order valence-electron chi connectivity index (χ3n) is 4.84. The van der Waals surface area contributed by atoms with Gasteiger partial charge in [0, 0.05) is 13.1 Å². The van der Waals surface area contributed by atoms with Crippen LogP contribution in [0.5, 0.6) is 0 Å². The van der Waals surface area contributed by atoms with Crippen molar-refractivity contribution in [3.63, 3.8) is 0 Å². The van der Waals surface area contributed by atoms with Gasteiger partial charge in [-0.1, -0.05) is 6.92 Å². The Morgan fingerprint density at radius 2 is 1.90 bits per heavy atom. The Morgan fingerprint density at radius 3 is 2.45 bits per heavy atom. The molecule has 2 saturated heterocycles. The van der Waals surface area contributed by atoms with Gasteiger partial charge in [0.15, 0.2) is 0 Å². The van der Waals surface area contributed by atoms with Crippen LogP contribution in [0.4, 0.5) is 0 Å². The minimum absolute atomic E-state index is 0.204. The molecule has 0 aliphatic carbocycles. The quantitative estimate of drug-likeness (QED) is 0.850. The van der Waals surface area contributed by atoms with Gasteiger partial charge >= 0.3 is 5.97 Å². The highest BCUT2D eigenvalue weighted by atomic mass is 16.4. The predicted molar refractivity (Wildman–Crippen MR) is 76.4 cm³/mol. The number of hydrogen-bond donors (Lipinski definition) is 1. The van der Waals surface area contributed by atoms with Gasteiger partial charge in [-0.05, 0) is 51.6 Å². The largest absolute Gasteiger partial charge is 0.481 e.